The van der Waals surface area contributed by atoms with Crippen molar-refractivity contribution in [2.24, 2.45) is 0 Å². The van der Waals surface area contributed by atoms with Gasteiger partial charge in [0.1, 0.15) is 17.7 Å². The van der Waals surface area contributed by atoms with Crippen LogP contribution in [0.1, 0.15) is 35.4 Å². The zero-order chi connectivity index (χ0) is 24.5. The van der Waals surface area contributed by atoms with Crippen molar-refractivity contribution in [2.45, 2.75) is 20.0 Å². The number of nitrogens with one attached hydrogen (secondary N) is 2. The number of halogens is 3. The number of pyridine rings is 2. The Morgan fingerprint density at radius 3 is 2.52 bits per heavy atom. The fraction of sp³-hybridized carbons (Fsp3) is 0.227. The molecule has 0 fully saturated rings. The largest absolute Gasteiger partial charge is 0.486 e. The van der Waals surface area contributed by atoms with E-state index in [1.165, 1.54) is 0 Å². The Morgan fingerprint density at radius 2 is 1.91 bits per heavy atom. The van der Waals surface area contributed by atoms with Crippen LogP contribution in [0, 0.1) is 12.3 Å². The maximum Gasteiger partial charge on any atom is 0.124 e. The van der Waals surface area contributed by atoms with Crippen LogP contribution in [0.5, 0.6) is 5.75 Å². The van der Waals surface area contributed by atoms with Crippen LogP contribution in [0.3, 0.4) is 0 Å². The highest BCUT2D eigenvalue weighted by molar-refractivity contribution is 14.2. The van der Waals surface area contributed by atoms with E-state index in [9.17, 15) is 0 Å². The molecular weight excluding hydrogens is 611 g/mol. The molecule has 2 heterocycles. The Bertz CT molecular complexity index is 1100. The van der Waals surface area contributed by atoms with E-state index in [2.05, 4.69) is 37.1 Å². The van der Waals surface area contributed by atoms with Crippen LogP contribution in [-0.2, 0) is 0 Å². The third kappa shape index (κ3) is 7.59. The maximum atomic E-state index is 8.67. The van der Waals surface area contributed by atoms with E-state index in [1.54, 1.807) is 36.3 Å². The Kier molecular flexibility index (Phi) is 11.5. The summed E-state index contributed by atoms with van der Waals surface area (Å²) in [5.41, 5.74) is 9.54. The fourth-order valence-electron chi connectivity index (χ4n) is 2.89. The Morgan fingerprint density at radius 1 is 1.21 bits per heavy atom. The molecule has 176 valence electrons. The summed E-state index contributed by atoms with van der Waals surface area (Å²) in [4.78, 5) is 8.26. The van der Waals surface area contributed by atoms with Gasteiger partial charge in [-0.25, -0.2) is 4.98 Å². The van der Waals surface area contributed by atoms with Crippen molar-refractivity contribution in [1.82, 2.24) is 9.97 Å². The number of aryl methyl sites for hydroxylation is 1. The average molecular weight is 636 g/mol. The summed E-state index contributed by atoms with van der Waals surface area (Å²) in [6, 6.07) is 9.02. The molecule has 0 aliphatic heterocycles. The first-order chi connectivity index (χ1) is 15.7. The molecule has 11 heteroatoms. The Balaban J connectivity index is 0.00000122. The number of anilines is 2. The van der Waals surface area contributed by atoms with Gasteiger partial charge in [-0.05, 0) is 78.7 Å². The van der Waals surface area contributed by atoms with Gasteiger partial charge in [0.15, 0.2) is 0 Å². The molecule has 33 heavy (non-hydrogen) atoms. The molecule has 0 bridgehead atoms. The fourth-order valence-corrected chi connectivity index (χ4v) is 4.73. The number of aromatic nitrogens is 2. The summed E-state index contributed by atoms with van der Waals surface area (Å²) in [6.45, 7) is 3.69. The molecular formula is C22H25Cl2IN5OPS. The van der Waals surface area contributed by atoms with E-state index in [0.29, 0.717) is 56.1 Å². The quantitative estimate of drug-likeness (QED) is 0.141. The van der Waals surface area contributed by atoms with Crippen LogP contribution >= 0.6 is 63.4 Å². The van der Waals surface area contributed by atoms with E-state index < -0.39 is 6.10 Å². The van der Waals surface area contributed by atoms with Gasteiger partial charge in [-0.2, -0.15) is 11.8 Å². The zero-order valence-electron chi connectivity index (χ0n) is 18.5. The lowest BCUT2D eigenvalue weighted by Crippen LogP contribution is -2.09. The second kappa shape index (κ2) is 13.5. The molecule has 1 aromatic carbocycles. The minimum atomic E-state index is -0.405. The van der Waals surface area contributed by atoms with Crippen molar-refractivity contribution in [2.75, 3.05) is 23.3 Å². The first-order valence-corrected chi connectivity index (χ1v) is 16.2. The summed E-state index contributed by atoms with van der Waals surface area (Å²) < 4.78 is 6.14. The lowest BCUT2D eigenvalue weighted by atomic mass is 10.0. The van der Waals surface area contributed by atoms with E-state index in [1.807, 2.05) is 44.6 Å². The number of benzene rings is 1. The smallest absolute Gasteiger partial charge is 0.124 e. The van der Waals surface area contributed by atoms with Gasteiger partial charge in [0.2, 0.25) is 0 Å². The van der Waals surface area contributed by atoms with Crippen LogP contribution in [0.2, 0.25) is 10.0 Å². The first kappa shape index (κ1) is 27.9. The molecule has 0 aliphatic rings. The molecule has 0 aliphatic carbocycles. The lowest BCUT2D eigenvalue weighted by Gasteiger charge is -2.20. The summed E-state index contributed by atoms with van der Waals surface area (Å²) >= 11 is 16.7. The van der Waals surface area contributed by atoms with Crippen molar-refractivity contribution in [3.63, 3.8) is 0 Å². The number of hydrogen-bond acceptors (Lipinski definition) is 7. The highest BCUT2D eigenvalue weighted by atomic mass is 127. The van der Waals surface area contributed by atoms with Gasteiger partial charge in [-0.3, -0.25) is 10.4 Å². The summed E-state index contributed by atoms with van der Waals surface area (Å²) in [5.74, 6) is 1.00. The third-order valence-corrected chi connectivity index (χ3v) is 6.37. The SMILES string of the molecule is CSC.Cc1ncc(Cl)c([C@@H](C)Oc2ccc(NPI)c(C(=N)c3ccc(N)nc3)c2)c1Cl. The van der Waals surface area contributed by atoms with Crippen LogP contribution < -0.4 is 15.6 Å². The molecule has 0 radical (unpaired) electrons. The molecule has 6 nitrogen and oxygen atoms in total. The van der Waals surface area contributed by atoms with Crippen molar-refractivity contribution in [3.05, 3.63) is 75.2 Å². The number of rotatable bonds is 7. The molecule has 2 atom stereocenters. The maximum absolute atomic E-state index is 8.67. The van der Waals surface area contributed by atoms with Crippen LogP contribution in [0.4, 0.5) is 11.5 Å². The van der Waals surface area contributed by atoms with E-state index >= 15 is 0 Å². The summed E-state index contributed by atoms with van der Waals surface area (Å²) in [7, 11) is 0. The van der Waals surface area contributed by atoms with Gasteiger partial charge < -0.3 is 15.6 Å². The molecule has 0 spiro atoms. The van der Waals surface area contributed by atoms with E-state index in [-0.39, 0.29) is 0 Å². The normalized spacial score (nSPS) is 11.6. The first-order valence-electron chi connectivity index (χ1n) is 9.67. The second-order valence-corrected chi connectivity index (χ2v) is 10.5. The molecule has 0 saturated heterocycles. The van der Waals surface area contributed by atoms with Gasteiger partial charge >= 0.3 is 0 Å². The monoisotopic (exact) mass is 635 g/mol. The zero-order valence-corrected chi connectivity index (χ0v) is 24.0. The summed E-state index contributed by atoms with van der Waals surface area (Å²) in [5, 5.41) is 12.9. The molecule has 4 N–H and O–H groups in total. The molecule has 2 aromatic heterocycles. The van der Waals surface area contributed by atoms with Crippen molar-refractivity contribution >= 4 is 80.6 Å². The number of nitrogen functional groups attached to an aromatic ring is 1. The number of nitrogens with two attached hydrogens (primary N) is 1. The van der Waals surface area contributed by atoms with Crippen LogP contribution in [0.15, 0.2) is 42.7 Å². The Labute approximate surface area is 223 Å². The van der Waals surface area contributed by atoms with Crippen molar-refractivity contribution in [1.29, 1.82) is 5.41 Å². The van der Waals surface area contributed by atoms with Gasteiger partial charge in [-0.1, -0.05) is 23.2 Å². The Hall–Kier alpha value is -1.32. The molecule has 0 amide bonds. The topological polar surface area (TPSA) is 96.9 Å². The minimum absolute atomic E-state index is 0.313. The number of hydrogen-bond donors (Lipinski definition) is 3. The molecule has 0 saturated carbocycles. The van der Waals surface area contributed by atoms with E-state index in [4.69, 9.17) is 39.1 Å². The van der Waals surface area contributed by atoms with Gasteiger partial charge in [0.05, 0.1) is 21.5 Å². The van der Waals surface area contributed by atoms with Gasteiger partial charge in [0, 0.05) is 41.1 Å². The predicted molar refractivity (Wildman–Crippen MR) is 154 cm³/mol. The highest BCUT2D eigenvalue weighted by Gasteiger charge is 2.19. The highest BCUT2D eigenvalue weighted by Crippen LogP contribution is 2.36. The lowest BCUT2D eigenvalue weighted by molar-refractivity contribution is 0.227. The number of nitrogens with zero attached hydrogens (tertiary/aromatic N) is 2. The minimum Gasteiger partial charge on any atom is -0.486 e. The molecule has 3 rings (SSSR count). The van der Waals surface area contributed by atoms with Gasteiger partial charge in [0.25, 0.3) is 0 Å². The standard InChI is InChI=1S/C20H19Cl2IN5OP.C2H6S/c1-10-19(22)18(15(21)9-26-10)11(2)29-13-4-5-16(28-30-23)14(7-13)20(25)12-3-6-17(24)27-8-12;1-3-2/h3-9,11,25,28,30H,1-2H3,(H2,24,27);1-2H3/t11-;/m1./s1. The van der Waals surface area contributed by atoms with Crippen molar-refractivity contribution < 1.29 is 4.74 Å². The third-order valence-electron chi connectivity index (χ3n) is 4.42. The molecule has 3 aromatic rings. The number of ether oxygens (including phenoxy) is 1. The molecule has 1 unspecified atom stereocenters. The average Bonchev–Trinajstić information content (AvgIpc) is 2.78. The number of thioether (sulfide) groups is 1. The predicted octanol–water partition coefficient (Wildman–Crippen LogP) is 7.56. The van der Waals surface area contributed by atoms with Crippen molar-refractivity contribution in [3.8, 4) is 5.75 Å². The van der Waals surface area contributed by atoms with Crippen LogP contribution in [-0.4, -0.2) is 28.2 Å². The van der Waals surface area contributed by atoms with Crippen LogP contribution in [0.25, 0.3) is 0 Å². The summed E-state index contributed by atoms with van der Waals surface area (Å²) in [6.07, 6.45) is 7.29. The van der Waals surface area contributed by atoms with E-state index in [0.717, 1.165) is 5.69 Å². The second-order valence-electron chi connectivity index (χ2n) is 6.86. The van der Waals surface area contributed by atoms with Gasteiger partial charge in [-0.15, -0.1) is 0 Å².